The average molecular weight is 89.2 g/mol. The molecule has 0 fully saturated rings. The standard InChI is InChI=1S/C3H7NS/c1-5-3-2-4/h2-3H,4H2,1H3/b3-2+. The molecule has 2 N–H and O–H groups in total. The van der Waals surface area contributed by atoms with Crippen molar-refractivity contribution in [1.82, 2.24) is 0 Å². The van der Waals surface area contributed by atoms with Gasteiger partial charge in [-0.15, -0.1) is 11.8 Å². The van der Waals surface area contributed by atoms with Crippen LogP contribution in [0.15, 0.2) is 11.6 Å². The largest absolute Gasteiger partial charge is 0.404 e. The van der Waals surface area contributed by atoms with Crippen LogP contribution >= 0.6 is 11.8 Å². The minimum atomic E-state index is 1.52. The van der Waals surface area contributed by atoms with Crippen LogP contribution in [-0.2, 0) is 0 Å². The molecule has 0 atom stereocenters. The van der Waals surface area contributed by atoms with Crippen LogP contribution in [0.2, 0.25) is 0 Å². The summed E-state index contributed by atoms with van der Waals surface area (Å²) < 4.78 is 0. The van der Waals surface area contributed by atoms with Crippen LogP contribution in [0.3, 0.4) is 0 Å². The second kappa shape index (κ2) is 3.89. The van der Waals surface area contributed by atoms with E-state index in [0.717, 1.165) is 0 Å². The molecule has 0 radical (unpaired) electrons. The summed E-state index contributed by atoms with van der Waals surface area (Å²) >= 11 is 1.60. The van der Waals surface area contributed by atoms with Crippen molar-refractivity contribution in [2.45, 2.75) is 0 Å². The molecular weight excluding hydrogens is 82.1 g/mol. The van der Waals surface area contributed by atoms with Crippen LogP contribution < -0.4 is 5.73 Å². The zero-order valence-electron chi connectivity index (χ0n) is 3.14. The lowest BCUT2D eigenvalue weighted by atomic mass is 11.1. The fourth-order valence-electron chi connectivity index (χ4n) is 0.0786. The molecule has 0 spiro atoms. The van der Waals surface area contributed by atoms with Gasteiger partial charge >= 0.3 is 0 Å². The van der Waals surface area contributed by atoms with Crippen LogP contribution in [-0.4, -0.2) is 6.26 Å². The second-order valence-electron chi connectivity index (χ2n) is 0.564. The summed E-state index contributed by atoms with van der Waals surface area (Å²) in [6.07, 6.45) is 3.48. The maximum atomic E-state index is 4.94. The van der Waals surface area contributed by atoms with Gasteiger partial charge in [0.15, 0.2) is 0 Å². The molecule has 0 amide bonds. The van der Waals surface area contributed by atoms with E-state index in [1.807, 2.05) is 11.7 Å². The lowest BCUT2D eigenvalue weighted by Crippen LogP contribution is -1.70. The van der Waals surface area contributed by atoms with Crippen LogP contribution in [0.5, 0.6) is 0 Å². The maximum Gasteiger partial charge on any atom is 0.000171 e. The predicted octanol–water partition coefficient (Wildman–Crippen LogP) is 0.779. The van der Waals surface area contributed by atoms with Crippen molar-refractivity contribution >= 4 is 11.8 Å². The van der Waals surface area contributed by atoms with Gasteiger partial charge in [-0.05, 0) is 11.7 Å². The Kier molecular flexibility index (Phi) is 3.80. The Bertz CT molecular complexity index is 33.9. The summed E-state index contributed by atoms with van der Waals surface area (Å²) in [7, 11) is 0. The van der Waals surface area contributed by atoms with Gasteiger partial charge in [-0.25, -0.2) is 0 Å². The van der Waals surface area contributed by atoms with Gasteiger partial charge in [0.05, 0.1) is 0 Å². The van der Waals surface area contributed by atoms with E-state index < -0.39 is 0 Å². The number of thioether (sulfide) groups is 1. The minimum Gasteiger partial charge on any atom is -0.404 e. The van der Waals surface area contributed by atoms with E-state index in [1.54, 1.807) is 11.8 Å². The van der Waals surface area contributed by atoms with E-state index in [9.17, 15) is 0 Å². The van der Waals surface area contributed by atoms with Gasteiger partial charge < -0.3 is 5.73 Å². The maximum absolute atomic E-state index is 4.94. The van der Waals surface area contributed by atoms with Gasteiger partial charge in [0.2, 0.25) is 0 Å². The van der Waals surface area contributed by atoms with Crippen LogP contribution in [0.4, 0.5) is 0 Å². The van der Waals surface area contributed by atoms with Gasteiger partial charge in [0, 0.05) is 6.20 Å². The molecule has 0 aromatic heterocycles. The SMILES string of the molecule is CS/C=C/N. The molecule has 0 unspecified atom stereocenters. The summed E-state index contributed by atoms with van der Waals surface area (Å²) in [4.78, 5) is 0. The first-order valence-corrected chi connectivity index (χ1v) is 2.60. The number of nitrogens with two attached hydrogens (primary N) is 1. The van der Waals surface area contributed by atoms with Gasteiger partial charge in [-0.2, -0.15) is 0 Å². The van der Waals surface area contributed by atoms with Gasteiger partial charge in [-0.3, -0.25) is 0 Å². The Balaban J connectivity index is 2.62. The first kappa shape index (κ1) is 4.89. The minimum absolute atomic E-state index is 1.52. The quantitative estimate of drug-likeness (QED) is 0.513. The molecule has 1 nitrogen and oxygen atoms in total. The Morgan fingerprint density at radius 1 is 1.80 bits per heavy atom. The zero-order chi connectivity index (χ0) is 4.12. The van der Waals surface area contributed by atoms with E-state index in [0.29, 0.717) is 0 Å². The van der Waals surface area contributed by atoms with E-state index >= 15 is 0 Å². The van der Waals surface area contributed by atoms with Crippen molar-refractivity contribution in [2.24, 2.45) is 5.73 Å². The average Bonchev–Trinajstić information content (AvgIpc) is 1.41. The zero-order valence-corrected chi connectivity index (χ0v) is 3.96. The third-order valence-corrected chi connectivity index (χ3v) is 0.644. The molecule has 0 aliphatic rings. The highest BCUT2D eigenvalue weighted by molar-refractivity contribution is 8.01. The molecule has 0 aliphatic heterocycles. The molecular formula is C3H7NS. The highest BCUT2D eigenvalue weighted by atomic mass is 32.2. The van der Waals surface area contributed by atoms with Crippen LogP contribution in [0.25, 0.3) is 0 Å². The smallest absolute Gasteiger partial charge is 0.000171 e. The van der Waals surface area contributed by atoms with Crippen molar-refractivity contribution in [2.75, 3.05) is 6.26 Å². The fourth-order valence-corrected chi connectivity index (χ4v) is 0.236. The summed E-state index contributed by atoms with van der Waals surface area (Å²) in [6, 6.07) is 0. The molecule has 0 saturated carbocycles. The Labute approximate surface area is 36.2 Å². The molecule has 5 heavy (non-hydrogen) atoms. The topological polar surface area (TPSA) is 26.0 Å². The van der Waals surface area contributed by atoms with Crippen molar-refractivity contribution in [3.63, 3.8) is 0 Å². The normalized spacial score (nSPS) is 9.80. The molecule has 0 saturated heterocycles. The summed E-state index contributed by atoms with van der Waals surface area (Å²) in [5.74, 6) is 0. The third kappa shape index (κ3) is 3.89. The summed E-state index contributed by atoms with van der Waals surface area (Å²) in [6.45, 7) is 0. The molecule has 2 heteroatoms. The lowest BCUT2D eigenvalue weighted by molar-refractivity contribution is 1.63. The fraction of sp³-hybridized carbons (Fsp3) is 0.333. The molecule has 0 heterocycles. The molecule has 0 aromatic rings. The summed E-state index contributed by atoms with van der Waals surface area (Å²) in [5.41, 5.74) is 4.94. The highest BCUT2D eigenvalue weighted by Gasteiger charge is 1.51. The van der Waals surface area contributed by atoms with Gasteiger partial charge in [-0.1, -0.05) is 0 Å². The molecule has 0 bridgehead atoms. The monoisotopic (exact) mass is 89.0 g/mol. The predicted molar refractivity (Wildman–Crippen MR) is 26.8 cm³/mol. The molecule has 0 rings (SSSR count). The van der Waals surface area contributed by atoms with Crippen LogP contribution in [0, 0.1) is 0 Å². The Morgan fingerprint density at radius 3 is 2.40 bits per heavy atom. The Hall–Kier alpha value is -0.110. The summed E-state index contributed by atoms with van der Waals surface area (Å²) in [5, 5.41) is 1.82. The molecule has 0 aliphatic carbocycles. The first-order chi connectivity index (χ1) is 2.41. The van der Waals surface area contributed by atoms with Crippen molar-refractivity contribution in [3.8, 4) is 0 Å². The van der Waals surface area contributed by atoms with E-state index in [2.05, 4.69) is 0 Å². The van der Waals surface area contributed by atoms with E-state index in [-0.39, 0.29) is 0 Å². The molecule has 30 valence electrons. The van der Waals surface area contributed by atoms with Crippen molar-refractivity contribution < 1.29 is 0 Å². The number of rotatable bonds is 1. The van der Waals surface area contributed by atoms with Crippen molar-refractivity contribution in [3.05, 3.63) is 11.6 Å². The van der Waals surface area contributed by atoms with E-state index in [4.69, 9.17) is 5.73 Å². The number of hydrogen-bond donors (Lipinski definition) is 1. The third-order valence-electron chi connectivity index (χ3n) is 0.215. The lowest BCUT2D eigenvalue weighted by Gasteiger charge is -1.67. The van der Waals surface area contributed by atoms with Crippen LogP contribution in [0.1, 0.15) is 0 Å². The Morgan fingerprint density at radius 2 is 2.40 bits per heavy atom. The van der Waals surface area contributed by atoms with Gasteiger partial charge in [0.1, 0.15) is 0 Å². The second-order valence-corrected chi connectivity index (χ2v) is 1.31. The van der Waals surface area contributed by atoms with Crippen molar-refractivity contribution in [1.29, 1.82) is 0 Å². The van der Waals surface area contributed by atoms with Gasteiger partial charge in [0.25, 0.3) is 0 Å². The highest BCUT2D eigenvalue weighted by Crippen LogP contribution is 1.87. The number of hydrogen-bond acceptors (Lipinski definition) is 2. The van der Waals surface area contributed by atoms with E-state index in [1.165, 1.54) is 6.20 Å². The molecule has 0 aromatic carbocycles. The first-order valence-electron chi connectivity index (χ1n) is 1.31.